The minimum Gasteiger partial charge on any atom is -0.360 e. The van der Waals surface area contributed by atoms with Crippen molar-refractivity contribution >= 4 is 45.1 Å². The van der Waals surface area contributed by atoms with Gasteiger partial charge in [-0.2, -0.15) is 0 Å². The lowest BCUT2D eigenvalue weighted by atomic mass is 10.1. The number of nitrogens with zero attached hydrogens (tertiary/aromatic N) is 4. The van der Waals surface area contributed by atoms with Crippen molar-refractivity contribution in [3.63, 3.8) is 0 Å². The van der Waals surface area contributed by atoms with Gasteiger partial charge in [0, 0.05) is 11.4 Å². The van der Waals surface area contributed by atoms with Crippen LogP contribution in [0.15, 0.2) is 59.9 Å². The summed E-state index contributed by atoms with van der Waals surface area (Å²) in [6.45, 7) is 2.00. The van der Waals surface area contributed by atoms with E-state index < -0.39 is 0 Å². The number of aromatic nitrogens is 5. The fourth-order valence-corrected chi connectivity index (χ4v) is 4.11. The van der Waals surface area contributed by atoms with Crippen LogP contribution >= 0.6 is 11.6 Å². The van der Waals surface area contributed by atoms with E-state index in [0.717, 1.165) is 35.1 Å². The van der Waals surface area contributed by atoms with Crippen LogP contribution in [0.3, 0.4) is 0 Å². The van der Waals surface area contributed by atoms with Crippen LogP contribution in [0.25, 0.3) is 27.6 Å². The molecule has 0 amide bonds. The van der Waals surface area contributed by atoms with Crippen LogP contribution in [0.2, 0.25) is 5.02 Å². The van der Waals surface area contributed by atoms with Crippen molar-refractivity contribution < 1.29 is 0 Å². The van der Waals surface area contributed by atoms with Gasteiger partial charge in [0.05, 0.1) is 22.8 Å². The van der Waals surface area contributed by atoms with E-state index in [1.807, 2.05) is 31.2 Å². The van der Waals surface area contributed by atoms with Crippen molar-refractivity contribution in [1.82, 2.24) is 24.5 Å². The summed E-state index contributed by atoms with van der Waals surface area (Å²) in [6, 6.07) is 7.30. The van der Waals surface area contributed by atoms with E-state index in [1.165, 1.54) is 6.33 Å². The van der Waals surface area contributed by atoms with Crippen LogP contribution in [-0.4, -0.2) is 24.5 Å². The predicted molar refractivity (Wildman–Crippen MR) is 120 cm³/mol. The van der Waals surface area contributed by atoms with E-state index in [4.69, 9.17) is 11.6 Å². The molecular weight excluding hydrogens is 400 g/mol. The summed E-state index contributed by atoms with van der Waals surface area (Å²) < 4.78 is 1.74. The second-order valence-electron chi connectivity index (χ2n) is 7.21. The minimum absolute atomic E-state index is 0.131. The van der Waals surface area contributed by atoms with Crippen LogP contribution in [0.5, 0.6) is 0 Å². The van der Waals surface area contributed by atoms with Crippen molar-refractivity contribution in [2.24, 2.45) is 0 Å². The molecule has 0 saturated heterocycles. The third kappa shape index (κ3) is 3.07. The van der Waals surface area contributed by atoms with E-state index in [2.05, 4.69) is 37.4 Å². The normalized spacial score (nSPS) is 14.8. The maximum atomic E-state index is 13.5. The Morgan fingerprint density at radius 2 is 2.13 bits per heavy atom. The Labute approximate surface area is 177 Å². The number of aromatic amines is 1. The molecule has 0 radical (unpaired) electrons. The van der Waals surface area contributed by atoms with E-state index >= 15 is 0 Å². The summed E-state index contributed by atoms with van der Waals surface area (Å²) in [6.07, 6.45) is 11.1. The number of hydrogen-bond donors (Lipinski definition) is 2. The highest BCUT2D eigenvalue weighted by atomic mass is 35.5. The molecule has 1 aromatic carbocycles. The van der Waals surface area contributed by atoms with Crippen molar-refractivity contribution in [2.45, 2.75) is 25.8 Å². The number of hydrogen-bond acceptors (Lipinski definition) is 5. The molecule has 0 aliphatic heterocycles. The molecule has 3 heterocycles. The van der Waals surface area contributed by atoms with Crippen LogP contribution in [0.4, 0.5) is 5.82 Å². The fraction of sp³-hybridized carbons (Fsp3) is 0.182. The second kappa shape index (κ2) is 7.42. The third-order valence-electron chi connectivity index (χ3n) is 5.28. The highest BCUT2D eigenvalue weighted by Crippen LogP contribution is 2.28. The van der Waals surface area contributed by atoms with Gasteiger partial charge >= 0.3 is 0 Å². The van der Waals surface area contributed by atoms with Crippen LogP contribution < -0.4 is 10.9 Å². The third-order valence-corrected chi connectivity index (χ3v) is 5.59. The molecule has 1 unspecified atom stereocenters. The number of allylic oxidation sites excluding steroid dienone is 4. The van der Waals surface area contributed by atoms with E-state index in [9.17, 15) is 4.79 Å². The van der Waals surface area contributed by atoms with E-state index in [-0.39, 0.29) is 11.6 Å². The molecule has 7 nitrogen and oxygen atoms in total. The van der Waals surface area contributed by atoms with Gasteiger partial charge in [-0.25, -0.2) is 15.0 Å². The number of halogens is 1. The zero-order valence-corrected chi connectivity index (χ0v) is 17.0. The zero-order chi connectivity index (χ0) is 20.7. The van der Waals surface area contributed by atoms with Gasteiger partial charge in [-0.3, -0.25) is 9.36 Å². The van der Waals surface area contributed by atoms with Crippen molar-refractivity contribution in [3.8, 4) is 0 Å². The number of imidazole rings is 1. The molecular formula is C22H19ClN6O. The monoisotopic (exact) mass is 418 g/mol. The summed E-state index contributed by atoms with van der Waals surface area (Å²) in [5.74, 6) is 0.628. The first-order chi connectivity index (χ1) is 14.6. The molecule has 150 valence electrons. The molecule has 5 rings (SSSR count). The van der Waals surface area contributed by atoms with E-state index in [0.29, 0.717) is 21.9 Å². The van der Waals surface area contributed by atoms with Crippen LogP contribution in [-0.2, 0) is 0 Å². The first-order valence-electron chi connectivity index (χ1n) is 9.75. The van der Waals surface area contributed by atoms with Crippen molar-refractivity contribution in [3.05, 3.63) is 76.2 Å². The molecule has 1 aliphatic rings. The Morgan fingerprint density at radius 3 is 2.97 bits per heavy atom. The second-order valence-corrected chi connectivity index (χ2v) is 7.62. The molecule has 1 aliphatic carbocycles. The Bertz CT molecular complexity index is 1380. The summed E-state index contributed by atoms with van der Waals surface area (Å²) in [4.78, 5) is 29.3. The number of H-pyrrole nitrogens is 1. The summed E-state index contributed by atoms with van der Waals surface area (Å²) in [7, 11) is 0. The molecule has 0 spiro atoms. The molecule has 4 aromatic rings. The number of anilines is 1. The highest BCUT2D eigenvalue weighted by molar-refractivity contribution is 6.35. The van der Waals surface area contributed by atoms with Gasteiger partial charge in [-0.05, 0) is 43.4 Å². The summed E-state index contributed by atoms with van der Waals surface area (Å²) in [5, 5.41) is 5.19. The lowest BCUT2D eigenvalue weighted by molar-refractivity contribution is 0.780. The molecule has 0 bridgehead atoms. The molecule has 8 heteroatoms. The lowest BCUT2D eigenvalue weighted by Gasteiger charge is -2.23. The number of fused-ring (bicyclic) bond motifs is 2. The average molecular weight is 419 g/mol. The maximum Gasteiger partial charge on any atom is 0.264 e. The Balaban J connectivity index is 1.69. The summed E-state index contributed by atoms with van der Waals surface area (Å²) in [5.41, 5.74) is 2.85. The zero-order valence-electron chi connectivity index (χ0n) is 16.3. The molecule has 2 N–H and O–H groups in total. The first-order valence-corrected chi connectivity index (χ1v) is 10.1. The highest BCUT2D eigenvalue weighted by Gasteiger charge is 2.20. The number of nitrogens with one attached hydrogen (secondary N) is 2. The van der Waals surface area contributed by atoms with E-state index in [1.54, 1.807) is 17.0 Å². The quantitative estimate of drug-likeness (QED) is 0.502. The Morgan fingerprint density at radius 1 is 1.23 bits per heavy atom. The number of rotatable bonds is 4. The minimum atomic E-state index is -0.223. The SMILES string of the molecule is CC(Nc1ncnc2nc[nH]c12)c1cc2cccc(Cl)c2c(=O)n1C1=CCCC=C1. The number of benzene rings is 1. The molecule has 30 heavy (non-hydrogen) atoms. The number of pyridine rings is 1. The van der Waals surface area contributed by atoms with Gasteiger partial charge in [-0.15, -0.1) is 0 Å². The van der Waals surface area contributed by atoms with Gasteiger partial charge in [0.2, 0.25) is 0 Å². The molecule has 0 saturated carbocycles. The van der Waals surface area contributed by atoms with Crippen molar-refractivity contribution in [1.29, 1.82) is 0 Å². The predicted octanol–water partition coefficient (Wildman–Crippen LogP) is 4.69. The summed E-state index contributed by atoms with van der Waals surface area (Å²) >= 11 is 6.39. The van der Waals surface area contributed by atoms with Crippen LogP contribution in [0.1, 0.15) is 31.5 Å². The van der Waals surface area contributed by atoms with Crippen LogP contribution in [0, 0.1) is 0 Å². The Hall–Kier alpha value is -3.45. The smallest absolute Gasteiger partial charge is 0.264 e. The first kappa shape index (κ1) is 18.6. The maximum absolute atomic E-state index is 13.5. The lowest BCUT2D eigenvalue weighted by Crippen LogP contribution is -2.26. The average Bonchev–Trinajstić information content (AvgIpc) is 3.24. The molecule has 1 atom stereocenters. The topological polar surface area (TPSA) is 88.5 Å². The van der Waals surface area contributed by atoms with Gasteiger partial charge in [0.1, 0.15) is 11.8 Å². The van der Waals surface area contributed by atoms with Gasteiger partial charge < -0.3 is 10.3 Å². The van der Waals surface area contributed by atoms with Crippen molar-refractivity contribution in [2.75, 3.05) is 5.32 Å². The molecule has 0 fully saturated rings. The van der Waals surface area contributed by atoms with Gasteiger partial charge in [-0.1, -0.05) is 35.9 Å². The molecule has 3 aromatic heterocycles. The van der Waals surface area contributed by atoms with Gasteiger partial charge in [0.25, 0.3) is 5.56 Å². The van der Waals surface area contributed by atoms with Gasteiger partial charge in [0.15, 0.2) is 11.5 Å². The fourth-order valence-electron chi connectivity index (χ4n) is 3.84. The standard InChI is InChI=1S/C22H19ClN6O/c1-13(28-21-19-20(25-11-24-19)26-12-27-21)17-10-14-6-5-9-16(23)18(14)22(30)29(17)15-7-3-2-4-8-15/h3,5-13H,2,4H2,1H3,(H2,24,25,26,27,28). The largest absolute Gasteiger partial charge is 0.360 e. The Kier molecular flexibility index (Phi) is 4.59.